The maximum atomic E-state index is 12.6. The molecular formula is C27H26N4O5. The van der Waals surface area contributed by atoms with Gasteiger partial charge in [-0.3, -0.25) is 4.79 Å². The summed E-state index contributed by atoms with van der Waals surface area (Å²) in [6.45, 7) is 3.58. The number of amides is 1. The van der Waals surface area contributed by atoms with Crippen molar-refractivity contribution in [1.82, 2.24) is 14.9 Å². The van der Waals surface area contributed by atoms with Crippen LogP contribution in [0.3, 0.4) is 0 Å². The van der Waals surface area contributed by atoms with Crippen molar-refractivity contribution in [3.05, 3.63) is 88.9 Å². The van der Waals surface area contributed by atoms with Gasteiger partial charge in [0, 0.05) is 12.0 Å². The predicted octanol–water partition coefficient (Wildman–Crippen LogP) is 4.73. The van der Waals surface area contributed by atoms with Crippen LogP contribution in [0.25, 0.3) is 5.69 Å². The first-order chi connectivity index (χ1) is 17.5. The van der Waals surface area contributed by atoms with Gasteiger partial charge in [0.25, 0.3) is 5.91 Å². The molecule has 0 radical (unpaired) electrons. The van der Waals surface area contributed by atoms with Crippen molar-refractivity contribution >= 4 is 17.7 Å². The Labute approximate surface area is 208 Å². The standard InChI is InChI=1S/C27H26N4O5/c1-17-23(18(2)36-30-17)15-34-22-12-10-20(11-13-22)27(33)35-16-26(32)28-25-14-24(19-8-9-19)29-31(25)21-6-4-3-5-7-21/h3-7,10-14,19H,8-9,15-16H2,1-2H3,(H,28,32). The number of hydrogen-bond donors (Lipinski definition) is 1. The number of hydrogen-bond acceptors (Lipinski definition) is 7. The fourth-order valence-electron chi connectivity index (χ4n) is 3.78. The fraction of sp³-hybridized carbons (Fsp3) is 0.259. The molecule has 9 nitrogen and oxygen atoms in total. The molecule has 9 heteroatoms. The van der Waals surface area contributed by atoms with Crippen LogP contribution in [0.5, 0.6) is 5.75 Å². The Bertz CT molecular complexity index is 1350. The van der Waals surface area contributed by atoms with Crippen LogP contribution in [0.2, 0.25) is 0 Å². The first kappa shape index (κ1) is 23.3. The molecular weight excluding hydrogens is 460 g/mol. The summed E-state index contributed by atoms with van der Waals surface area (Å²) in [6, 6.07) is 18.0. The van der Waals surface area contributed by atoms with Crippen molar-refractivity contribution in [2.75, 3.05) is 11.9 Å². The van der Waals surface area contributed by atoms with Gasteiger partial charge in [0.1, 0.15) is 23.9 Å². The lowest BCUT2D eigenvalue weighted by Crippen LogP contribution is -2.22. The van der Waals surface area contributed by atoms with Crippen molar-refractivity contribution in [3.8, 4) is 11.4 Å². The second kappa shape index (κ2) is 10.1. The van der Waals surface area contributed by atoms with Gasteiger partial charge in [0.05, 0.1) is 28.2 Å². The molecule has 1 N–H and O–H groups in total. The lowest BCUT2D eigenvalue weighted by molar-refractivity contribution is -0.119. The van der Waals surface area contributed by atoms with E-state index in [1.807, 2.05) is 50.2 Å². The van der Waals surface area contributed by atoms with Gasteiger partial charge >= 0.3 is 5.97 Å². The number of carbonyl (C=O) groups excluding carboxylic acids is 2. The zero-order chi connectivity index (χ0) is 25.1. The monoisotopic (exact) mass is 486 g/mol. The van der Waals surface area contributed by atoms with Gasteiger partial charge in [-0.25, -0.2) is 9.48 Å². The molecule has 0 unspecified atom stereocenters. The maximum absolute atomic E-state index is 12.6. The van der Waals surface area contributed by atoms with E-state index in [0.717, 1.165) is 35.5 Å². The van der Waals surface area contributed by atoms with E-state index in [4.69, 9.17) is 14.0 Å². The number of esters is 1. The molecule has 2 aromatic carbocycles. The third-order valence-electron chi connectivity index (χ3n) is 5.98. The molecule has 5 rings (SSSR count). The average molecular weight is 487 g/mol. The lowest BCUT2D eigenvalue weighted by atomic mass is 10.2. The van der Waals surface area contributed by atoms with E-state index in [2.05, 4.69) is 15.6 Å². The minimum atomic E-state index is -0.599. The highest BCUT2D eigenvalue weighted by molar-refractivity contribution is 5.95. The quantitative estimate of drug-likeness (QED) is 0.341. The Morgan fingerprint density at radius 2 is 1.83 bits per heavy atom. The molecule has 1 aliphatic carbocycles. The van der Waals surface area contributed by atoms with Crippen LogP contribution in [-0.2, 0) is 16.1 Å². The van der Waals surface area contributed by atoms with Crippen molar-refractivity contribution < 1.29 is 23.6 Å². The SMILES string of the molecule is Cc1noc(C)c1COc1ccc(C(=O)OCC(=O)Nc2cc(C3CC3)nn2-c2ccccc2)cc1. The van der Waals surface area contributed by atoms with Crippen LogP contribution in [-0.4, -0.2) is 33.4 Å². The third kappa shape index (κ3) is 5.30. The van der Waals surface area contributed by atoms with E-state index in [1.165, 1.54) is 0 Å². The topological polar surface area (TPSA) is 108 Å². The normalized spacial score (nSPS) is 12.8. The van der Waals surface area contributed by atoms with E-state index in [1.54, 1.807) is 28.9 Å². The third-order valence-corrected chi connectivity index (χ3v) is 5.98. The zero-order valence-electron chi connectivity index (χ0n) is 20.1. The van der Waals surface area contributed by atoms with E-state index in [0.29, 0.717) is 35.4 Å². The van der Waals surface area contributed by atoms with E-state index in [9.17, 15) is 9.59 Å². The average Bonchev–Trinajstić information content (AvgIpc) is 3.59. The Morgan fingerprint density at radius 3 is 2.50 bits per heavy atom. The number of aromatic nitrogens is 3. The van der Waals surface area contributed by atoms with Crippen LogP contribution in [0.4, 0.5) is 5.82 Å². The summed E-state index contributed by atoms with van der Waals surface area (Å²) in [7, 11) is 0. The molecule has 0 atom stereocenters. The first-order valence-corrected chi connectivity index (χ1v) is 11.7. The van der Waals surface area contributed by atoms with Crippen LogP contribution < -0.4 is 10.1 Å². The molecule has 36 heavy (non-hydrogen) atoms. The van der Waals surface area contributed by atoms with E-state index >= 15 is 0 Å². The van der Waals surface area contributed by atoms with Gasteiger partial charge in [0.2, 0.25) is 0 Å². The highest BCUT2D eigenvalue weighted by Gasteiger charge is 2.28. The Morgan fingerprint density at radius 1 is 1.08 bits per heavy atom. The molecule has 1 aliphatic rings. The van der Waals surface area contributed by atoms with Crippen molar-refractivity contribution in [2.24, 2.45) is 0 Å². The fourth-order valence-corrected chi connectivity index (χ4v) is 3.78. The molecule has 0 saturated heterocycles. The molecule has 0 spiro atoms. The number of ether oxygens (including phenoxy) is 2. The highest BCUT2D eigenvalue weighted by atomic mass is 16.5. The number of carbonyl (C=O) groups is 2. The minimum Gasteiger partial charge on any atom is -0.489 e. The Balaban J connectivity index is 1.16. The van der Waals surface area contributed by atoms with Crippen LogP contribution >= 0.6 is 0 Å². The minimum absolute atomic E-state index is 0.313. The number of nitrogens with zero attached hydrogens (tertiary/aromatic N) is 3. The first-order valence-electron chi connectivity index (χ1n) is 11.7. The molecule has 2 aromatic heterocycles. The zero-order valence-corrected chi connectivity index (χ0v) is 20.1. The molecule has 4 aromatic rings. The van der Waals surface area contributed by atoms with Crippen molar-refractivity contribution in [2.45, 2.75) is 39.2 Å². The molecule has 184 valence electrons. The van der Waals surface area contributed by atoms with Crippen LogP contribution in [0, 0.1) is 13.8 Å². The number of rotatable bonds is 9. The second-order valence-electron chi connectivity index (χ2n) is 8.72. The highest BCUT2D eigenvalue weighted by Crippen LogP contribution is 2.40. The van der Waals surface area contributed by atoms with Gasteiger partial charge < -0.3 is 19.3 Å². The van der Waals surface area contributed by atoms with Crippen LogP contribution in [0.1, 0.15) is 51.8 Å². The van der Waals surface area contributed by atoms with Gasteiger partial charge in [-0.1, -0.05) is 23.4 Å². The summed E-state index contributed by atoms with van der Waals surface area (Å²) < 4.78 is 17.8. The number of nitrogens with one attached hydrogen (secondary N) is 1. The molecule has 1 saturated carbocycles. The summed E-state index contributed by atoms with van der Waals surface area (Å²) >= 11 is 0. The molecule has 0 aliphatic heterocycles. The van der Waals surface area contributed by atoms with Crippen molar-refractivity contribution in [1.29, 1.82) is 0 Å². The summed E-state index contributed by atoms with van der Waals surface area (Å²) in [4.78, 5) is 25.0. The van der Waals surface area contributed by atoms with Gasteiger partial charge in [0.15, 0.2) is 6.61 Å². The number of para-hydroxylation sites is 1. The summed E-state index contributed by atoms with van der Waals surface area (Å²) in [5.41, 5.74) is 3.78. The van der Waals surface area contributed by atoms with E-state index in [-0.39, 0.29) is 0 Å². The Hall–Kier alpha value is -4.40. The summed E-state index contributed by atoms with van der Waals surface area (Å²) in [5, 5.41) is 11.4. The summed E-state index contributed by atoms with van der Waals surface area (Å²) in [5.74, 6) is 1.23. The number of benzene rings is 2. The molecule has 1 amide bonds. The van der Waals surface area contributed by atoms with Gasteiger partial charge in [-0.15, -0.1) is 0 Å². The van der Waals surface area contributed by atoms with E-state index < -0.39 is 18.5 Å². The largest absolute Gasteiger partial charge is 0.489 e. The molecule has 1 fully saturated rings. The van der Waals surface area contributed by atoms with Gasteiger partial charge in [-0.05, 0) is 63.1 Å². The Kier molecular flexibility index (Phi) is 6.53. The predicted molar refractivity (Wildman–Crippen MR) is 131 cm³/mol. The molecule has 2 heterocycles. The maximum Gasteiger partial charge on any atom is 0.338 e. The smallest absolute Gasteiger partial charge is 0.338 e. The lowest BCUT2D eigenvalue weighted by Gasteiger charge is -2.10. The summed E-state index contributed by atoms with van der Waals surface area (Å²) in [6.07, 6.45) is 2.20. The number of aryl methyl sites for hydroxylation is 2. The van der Waals surface area contributed by atoms with Crippen LogP contribution in [0.15, 0.2) is 65.2 Å². The number of anilines is 1. The second-order valence-corrected chi connectivity index (χ2v) is 8.72. The van der Waals surface area contributed by atoms with Gasteiger partial charge in [-0.2, -0.15) is 5.10 Å². The van der Waals surface area contributed by atoms with Crippen molar-refractivity contribution in [3.63, 3.8) is 0 Å². The molecule has 0 bridgehead atoms.